The highest BCUT2D eigenvalue weighted by atomic mass is 35.5. The van der Waals surface area contributed by atoms with E-state index in [2.05, 4.69) is 15.7 Å². The fourth-order valence-corrected chi connectivity index (χ4v) is 4.94. The van der Waals surface area contributed by atoms with Crippen LogP contribution in [0.2, 0.25) is 5.02 Å². The number of hydrogen-bond acceptors (Lipinski definition) is 4. The van der Waals surface area contributed by atoms with E-state index in [9.17, 15) is 14.7 Å². The third-order valence-electron chi connectivity index (χ3n) is 6.64. The molecule has 1 heterocycles. The number of amides is 2. The van der Waals surface area contributed by atoms with E-state index < -0.39 is 0 Å². The topological polar surface area (TPSA) is 96.3 Å². The monoisotopic (exact) mass is 514 g/mol. The largest absolute Gasteiger partial charge is 0.507 e. The van der Waals surface area contributed by atoms with Crippen molar-refractivity contribution in [2.24, 2.45) is 0 Å². The van der Waals surface area contributed by atoms with Gasteiger partial charge in [-0.1, -0.05) is 66.9 Å². The summed E-state index contributed by atoms with van der Waals surface area (Å²) in [6.45, 7) is 0.393. The van der Waals surface area contributed by atoms with Gasteiger partial charge in [-0.3, -0.25) is 4.79 Å². The van der Waals surface area contributed by atoms with Gasteiger partial charge in [-0.25, -0.2) is 4.79 Å². The van der Waals surface area contributed by atoms with Crippen LogP contribution in [0.15, 0.2) is 78.9 Å². The predicted molar refractivity (Wildman–Crippen MR) is 144 cm³/mol. The molecule has 3 N–H and O–H groups in total. The maximum Gasteiger partial charge on any atom is 0.342 e. The smallest absolute Gasteiger partial charge is 0.342 e. The Kier molecular flexibility index (Phi) is 7.23. The molecule has 3 aromatic carbocycles. The molecule has 1 saturated carbocycles. The van der Waals surface area contributed by atoms with Crippen molar-refractivity contribution in [3.05, 3.63) is 101 Å². The molecule has 2 amide bonds. The van der Waals surface area contributed by atoms with Gasteiger partial charge < -0.3 is 15.7 Å². The second-order valence-corrected chi connectivity index (χ2v) is 9.57. The molecule has 0 unspecified atom stereocenters. The molecule has 0 bridgehead atoms. The highest BCUT2D eigenvalue weighted by molar-refractivity contribution is 6.34. The average molecular weight is 515 g/mol. The number of rotatable bonds is 6. The van der Waals surface area contributed by atoms with Crippen LogP contribution < -0.4 is 10.6 Å². The van der Waals surface area contributed by atoms with Gasteiger partial charge in [0, 0.05) is 29.8 Å². The Morgan fingerprint density at radius 3 is 2.43 bits per heavy atom. The number of nitrogens with zero attached hydrogens (tertiary/aromatic N) is 2. The number of benzene rings is 3. The van der Waals surface area contributed by atoms with Crippen LogP contribution in [0.1, 0.15) is 53.2 Å². The molecule has 0 aliphatic heterocycles. The van der Waals surface area contributed by atoms with Gasteiger partial charge in [0.2, 0.25) is 0 Å². The van der Waals surface area contributed by atoms with Crippen molar-refractivity contribution in [3.8, 4) is 17.0 Å². The number of aromatic hydroxyl groups is 1. The number of hydrogen-bond donors (Lipinski definition) is 3. The van der Waals surface area contributed by atoms with Gasteiger partial charge in [0.25, 0.3) is 5.91 Å². The first kappa shape index (κ1) is 24.6. The summed E-state index contributed by atoms with van der Waals surface area (Å²) in [7, 11) is 0. The first-order valence-corrected chi connectivity index (χ1v) is 12.7. The number of phenols is 1. The maximum absolute atomic E-state index is 13.1. The maximum atomic E-state index is 13.1. The number of nitrogens with one attached hydrogen (secondary N) is 2. The molecule has 188 valence electrons. The van der Waals surface area contributed by atoms with Crippen molar-refractivity contribution in [3.63, 3.8) is 0 Å². The van der Waals surface area contributed by atoms with Crippen LogP contribution in [0.5, 0.6) is 5.75 Å². The number of anilines is 1. The van der Waals surface area contributed by atoms with E-state index in [0.717, 1.165) is 36.9 Å². The molecule has 0 saturated heterocycles. The van der Waals surface area contributed by atoms with Gasteiger partial charge >= 0.3 is 6.03 Å². The first-order chi connectivity index (χ1) is 18.0. The average Bonchev–Trinajstić information content (AvgIpc) is 3.59. The third-order valence-corrected chi connectivity index (χ3v) is 6.97. The van der Waals surface area contributed by atoms with Gasteiger partial charge in [-0.15, -0.1) is 0 Å². The molecule has 1 aliphatic rings. The van der Waals surface area contributed by atoms with Crippen LogP contribution in [0, 0.1) is 0 Å². The third kappa shape index (κ3) is 5.52. The van der Waals surface area contributed by atoms with E-state index in [0.29, 0.717) is 34.1 Å². The molecular formula is C29H27ClN4O3. The lowest BCUT2D eigenvalue weighted by atomic mass is 10.0. The zero-order valence-corrected chi connectivity index (χ0v) is 20.9. The summed E-state index contributed by atoms with van der Waals surface area (Å²) in [5.74, 6) is -0.190. The fraction of sp³-hybridized carbons (Fsp3) is 0.207. The summed E-state index contributed by atoms with van der Waals surface area (Å²) in [5, 5.41) is 21.5. The molecule has 8 heteroatoms. The highest BCUT2D eigenvalue weighted by Gasteiger charge is 2.26. The molecule has 0 atom stereocenters. The lowest BCUT2D eigenvalue weighted by Gasteiger charge is -2.12. The molecule has 1 aliphatic carbocycles. The molecule has 0 radical (unpaired) electrons. The minimum Gasteiger partial charge on any atom is -0.507 e. The summed E-state index contributed by atoms with van der Waals surface area (Å²) in [6, 6.07) is 22.9. The van der Waals surface area contributed by atoms with Crippen molar-refractivity contribution in [1.82, 2.24) is 15.1 Å². The second-order valence-electron chi connectivity index (χ2n) is 9.16. The molecule has 5 rings (SSSR count). The van der Waals surface area contributed by atoms with Crippen molar-refractivity contribution >= 4 is 29.2 Å². The van der Waals surface area contributed by atoms with Crippen molar-refractivity contribution in [1.29, 1.82) is 0 Å². The van der Waals surface area contributed by atoms with Gasteiger partial charge in [-0.05, 0) is 48.7 Å². The highest BCUT2D eigenvalue weighted by Crippen LogP contribution is 2.38. The molecule has 1 aromatic heterocycles. The van der Waals surface area contributed by atoms with Gasteiger partial charge in [0.15, 0.2) is 0 Å². The van der Waals surface area contributed by atoms with E-state index in [1.54, 1.807) is 36.4 Å². The van der Waals surface area contributed by atoms with Gasteiger partial charge in [0.1, 0.15) is 5.75 Å². The number of aromatic nitrogens is 2. The van der Waals surface area contributed by atoms with Crippen molar-refractivity contribution in [2.45, 2.75) is 38.1 Å². The summed E-state index contributed by atoms with van der Waals surface area (Å²) in [5.41, 5.74) is 3.57. The summed E-state index contributed by atoms with van der Waals surface area (Å²) < 4.78 is 1.43. The van der Waals surface area contributed by atoms with Gasteiger partial charge in [0.05, 0.1) is 22.0 Å². The van der Waals surface area contributed by atoms with Crippen LogP contribution in [0.25, 0.3) is 11.3 Å². The SMILES string of the molecule is O=C(Nc1ccc(-c2cc(C3CCCC3)n(C(=O)NCc3ccccc3)n2)c(O)c1)c1ccccc1Cl. The minimum atomic E-state index is -0.374. The molecular weight excluding hydrogens is 488 g/mol. The summed E-state index contributed by atoms with van der Waals surface area (Å²) in [6.07, 6.45) is 4.22. The Morgan fingerprint density at radius 2 is 1.70 bits per heavy atom. The zero-order valence-electron chi connectivity index (χ0n) is 20.2. The Bertz CT molecular complexity index is 1430. The Labute approximate surface area is 220 Å². The van der Waals surface area contributed by atoms with Gasteiger partial charge in [-0.2, -0.15) is 9.78 Å². The van der Waals surface area contributed by atoms with E-state index in [1.165, 1.54) is 10.7 Å². The van der Waals surface area contributed by atoms with E-state index in [4.69, 9.17) is 11.6 Å². The van der Waals surface area contributed by atoms with Crippen LogP contribution in [0.4, 0.5) is 10.5 Å². The predicted octanol–water partition coefficient (Wildman–Crippen LogP) is 6.58. The van der Waals surface area contributed by atoms with Crippen LogP contribution in [0.3, 0.4) is 0 Å². The molecule has 4 aromatic rings. The first-order valence-electron chi connectivity index (χ1n) is 12.3. The van der Waals surface area contributed by atoms with E-state index >= 15 is 0 Å². The zero-order chi connectivity index (χ0) is 25.8. The standard InChI is InChI=1S/C29H27ClN4O3/c30-24-13-7-6-12-22(24)28(36)32-21-14-15-23(27(35)16-21)25-17-26(20-10-4-5-11-20)34(33-25)29(37)31-18-19-8-2-1-3-9-19/h1-3,6-9,12-17,20,35H,4-5,10-11,18H2,(H,31,37)(H,32,36). The van der Waals surface area contributed by atoms with Crippen LogP contribution >= 0.6 is 11.6 Å². The van der Waals surface area contributed by atoms with E-state index in [-0.39, 0.29) is 23.6 Å². The molecule has 0 spiro atoms. The summed E-state index contributed by atoms with van der Waals surface area (Å²) in [4.78, 5) is 25.7. The Morgan fingerprint density at radius 1 is 0.973 bits per heavy atom. The number of phenolic OH excluding ortho intramolecular Hbond substituents is 1. The Balaban J connectivity index is 1.39. The molecule has 37 heavy (non-hydrogen) atoms. The lowest BCUT2D eigenvalue weighted by molar-refractivity contribution is 0.102. The Hall–Kier alpha value is -4.10. The van der Waals surface area contributed by atoms with E-state index in [1.807, 2.05) is 36.4 Å². The van der Waals surface area contributed by atoms with Crippen LogP contribution in [-0.2, 0) is 6.54 Å². The minimum absolute atomic E-state index is 0.0516. The number of carbonyl (C=O) groups excluding carboxylic acids is 2. The quantitative estimate of drug-likeness (QED) is 0.271. The molecule has 1 fully saturated rings. The fourth-order valence-electron chi connectivity index (χ4n) is 4.72. The number of carbonyl (C=O) groups is 2. The lowest BCUT2D eigenvalue weighted by Crippen LogP contribution is -2.30. The normalized spacial score (nSPS) is 13.4. The van der Waals surface area contributed by atoms with Crippen LogP contribution in [-0.4, -0.2) is 26.8 Å². The number of halogens is 1. The second kappa shape index (κ2) is 10.9. The molecule has 7 nitrogen and oxygen atoms in total. The van der Waals surface area contributed by atoms with Crippen molar-refractivity contribution < 1.29 is 14.7 Å². The summed E-state index contributed by atoms with van der Waals surface area (Å²) >= 11 is 6.12. The van der Waals surface area contributed by atoms with Crippen molar-refractivity contribution in [2.75, 3.05) is 5.32 Å².